The average molecular weight is 397 g/mol. The van der Waals surface area contributed by atoms with E-state index in [0.717, 1.165) is 39.5 Å². The highest BCUT2D eigenvalue weighted by atomic mass is 79.9. The lowest BCUT2D eigenvalue weighted by atomic mass is 10.2. The van der Waals surface area contributed by atoms with Crippen LogP contribution in [-0.2, 0) is 13.2 Å². The molecule has 0 aliphatic heterocycles. The van der Waals surface area contributed by atoms with Crippen molar-refractivity contribution in [3.05, 3.63) is 63.1 Å². The van der Waals surface area contributed by atoms with Gasteiger partial charge in [-0.3, -0.25) is 0 Å². The molecule has 0 aliphatic carbocycles. The number of ether oxygens (including phenoxy) is 1. The molecule has 23 heavy (non-hydrogen) atoms. The predicted octanol–water partition coefficient (Wildman–Crippen LogP) is 5.96. The first-order valence-electron chi connectivity index (χ1n) is 8.06. The van der Waals surface area contributed by atoms with Gasteiger partial charge >= 0.3 is 0 Å². The maximum atomic E-state index is 6.19. The van der Waals surface area contributed by atoms with E-state index in [9.17, 15) is 0 Å². The Hall–Kier alpha value is -1.03. The molecule has 124 valence electrons. The van der Waals surface area contributed by atoms with Crippen molar-refractivity contribution in [2.24, 2.45) is 0 Å². The van der Waals surface area contributed by atoms with Gasteiger partial charge in [0.1, 0.15) is 12.4 Å². The zero-order valence-electron chi connectivity index (χ0n) is 13.4. The first-order valence-corrected chi connectivity index (χ1v) is 9.23. The molecule has 0 saturated heterocycles. The van der Waals surface area contributed by atoms with Crippen molar-refractivity contribution in [3.63, 3.8) is 0 Å². The minimum absolute atomic E-state index is 0.476. The van der Waals surface area contributed by atoms with Crippen molar-refractivity contribution >= 4 is 27.5 Å². The van der Waals surface area contributed by atoms with Crippen LogP contribution >= 0.6 is 27.5 Å². The van der Waals surface area contributed by atoms with Crippen molar-refractivity contribution < 1.29 is 4.74 Å². The molecule has 0 radical (unpaired) electrons. The molecule has 2 nitrogen and oxygen atoms in total. The maximum absolute atomic E-state index is 6.19. The summed E-state index contributed by atoms with van der Waals surface area (Å²) in [5, 5.41) is 4.23. The van der Waals surface area contributed by atoms with Crippen LogP contribution in [0.25, 0.3) is 0 Å². The summed E-state index contributed by atoms with van der Waals surface area (Å²) in [7, 11) is 0. The second-order valence-electron chi connectivity index (χ2n) is 5.52. The van der Waals surface area contributed by atoms with Crippen LogP contribution < -0.4 is 10.1 Å². The Morgan fingerprint density at radius 1 is 1.09 bits per heavy atom. The van der Waals surface area contributed by atoms with E-state index in [1.165, 1.54) is 19.3 Å². The molecule has 2 aromatic carbocycles. The molecule has 0 bridgehead atoms. The lowest BCUT2D eigenvalue weighted by molar-refractivity contribution is 0.302. The first kappa shape index (κ1) is 18.3. The molecule has 1 N–H and O–H groups in total. The number of hydrogen-bond acceptors (Lipinski definition) is 2. The molecule has 0 aromatic heterocycles. The van der Waals surface area contributed by atoms with Gasteiger partial charge in [0.25, 0.3) is 0 Å². The Morgan fingerprint density at radius 3 is 2.70 bits per heavy atom. The molecule has 0 unspecified atom stereocenters. The SMILES string of the molecule is CCCCCNCc1cc(Br)ccc1OCc1ccccc1Cl. The van der Waals surface area contributed by atoms with Gasteiger partial charge in [-0.1, -0.05) is 65.5 Å². The number of unbranched alkanes of at least 4 members (excludes halogenated alkanes) is 2. The molecule has 0 saturated carbocycles. The zero-order chi connectivity index (χ0) is 16.5. The number of rotatable bonds is 9. The fourth-order valence-corrected chi connectivity index (χ4v) is 2.92. The molecular formula is C19H23BrClNO. The summed E-state index contributed by atoms with van der Waals surface area (Å²) in [6.45, 7) is 4.53. The van der Waals surface area contributed by atoms with E-state index < -0.39 is 0 Å². The van der Waals surface area contributed by atoms with Gasteiger partial charge in [-0.2, -0.15) is 0 Å². The molecule has 0 amide bonds. The molecule has 0 heterocycles. The molecule has 0 atom stereocenters. The summed E-state index contributed by atoms with van der Waals surface area (Å²) in [5.74, 6) is 0.899. The molecule has 4 heteroatoms. The van der Waals surface area contributed by atoms with E-state index in [1.807, 2.05) is 36.4 Å². The summed E-state index contributed by atoms with van der Waals surface area (Å²) in [5.41, 5.74) is 2.15. The second kappa shape index (κ2) is 9.96. The van der Waals surface area contributed by atoms with E-state index in [4.69, 9.17) is 16.3 Å². The summed E-state index contributed by atoms with van der Waals surface area (Å²) in [6.07, 6.45) is 3.71. The summed E-state index contributed by atoms with van der Waals surface area (Å²) < 4.78 is 7.05. The Labute approximate surface area is 152 Å². The van der Waals surface area contributed by atoms with Crippen LogP contribution in [0.3, 0.4) is 0 Å². The minimum Gasteiger partial charge on any atom is -0.489 e. The molecule has 0 aliphatic rings. The fourth-order valence-electron chi connectivity index (χ4n) is 2.32. The Balaban J connectivity index is 1.96. The van der Waals surface area contributed by atoms with Crippen molar-refractivity contribution in [1.82, 2.24) is 5.32 Å². The van der Waals surface area contributed by atoms with E-state index in [-0.39, 0.29) is 0 Å². The number of hydrogen-bond donors (Lipinski definition) is 1. The van der Waals surface area contributed by atoms with Crippen molar-refractivity contribution in [3.8, 4) is 5.75 Å². The molecule has 0 spiro atoms. The van der Waals surface area contributed by atoms with Crippen LogP contribution in [0.5, 0.6) is 5.75 Å². The van der Waals surface area contributed by atoms with Crippen molar-refractivity contribution in [2.45, 2.75) is 39.3 Å². The van der Waals surface area contributed by atoms with E-state index >= 15 is 0 Å². The van der Waals surface area contributed by atoms with Crippen LogP contribution in [-0.4, -0.2) is 6.54 Å². The lowest BCUT2D eigenvalue weighted by Crippen LogP contribution is -2.15. The maximum Gasteiger partial charge on any atom is 0.124 e. The van der Waals surface area contributed by atoms with Crippen LogP contribution in [0.2, 0.25) is 5.02 Å². The molecular weight excluding hydrogens is 374 g/mol. The highest BCUT2D eigenvalue weighted by molar-refractivity contribution is 9.10. The first-order chi connectivity index (χ1) is 11.2. The third-order valence-corrected chi connectivity index (χ3v) is 4.50. The van der Waals surface area contributed by atoms with Crippen LogP contribution in [0.1, 0.15) is 37.3 Å². The number of halogens is 2. The van der Waals surface area contributed by atoms with Crippen molar-refractivity contribution in [1.29, 1.82) is 0 Å². The molecule has 2 rings (SSSR count). The van der Waals surface area contributed by atoms with Gasteiger partial charge in [0, 0.05) is 27.2 Å². The fraction of sp³-hybridized carbons (Fsp3) is 0.368. The highest BCUT2D eigenvalue weighted by Gasteiger charge is 2.06. The van der Waals surface area contributed by atoms with Gasteiger partial charge in [0.05, 0.1) is 0 Å². The lowest BCUT2D eigenvalue weighted by Gasteiger charge is -2.13. The van der Waals surface area contributed by atoms with Gasteiger partial charge in [-0.05, 0) is 37.2 Å². The van der Waals surface area contributed by atoms with Gasteiger partial charge in [-0.25, -0.2) is 0 Å². The third kappa shape index (κ3) is 6.17. The quantitative estimate of drug-likeness (QED) is 0.528. The normalized spacial score (nSPS) is 10.7. The van der Waals surface area contributed by atoms with Crippen LogP contribution in [0.15, 0.2) is 46.9 Å². The minimum atomic E-state index is 0.476. The standard InChI is InChI=1S/C19H23BrClNO/c1-2-3-6-11-22-13-16-12-17(20)9-10-19(16)23-14-15-7-4-5-8-18(15)21/h4-5,7-10,12,22H,2-3,6,11,13-14H2,1H3. The van der Waals surface area contributed by atoms with Crippen molar-refractivity contribution in [2.75, 3.05) is 6.54 Å². The Bertz CT molecular complexity index is 618. The summed E-state index contributed by atoms with van der Waals surface area (Å²) in [6, 6.07) is 13.9. The Morgan fingerprint density at radius 2 is 1.91 bits per heavy atom. The van der Waals surface area contributed by atoms with E-state index in [1.54, 1.807) is 0 Å². The van der Waals surface area contributed by atoms with E-state index in [2.05, 4.69) is 34.2 Å². The third-order valence-electron chi connectivity index (χ3n) is 3.64. The topological polar surface area (TPSA) is 21.3 Å². The monoisotopic (exact) mass is 395 g/mol. The Kier molecular flexibility index (Phi) is 7.93. The average Bonchev–Trinajstić information content (AvgIpc) is 2.55. The molecule has 0 fully saturated rings. The van der Waals surface area contributed by atoms with Gasteiger partial charge in [-0.15, -0.1) is 0 Å². The largest absolute Gasteiger partial charge is 0.489 e. The van der Waals surface area contributed by atoms with Crippen LogP contribution in [0, 0.1) is 0 Å². The van der Waals surface area contributed by atoms with Gasteiger partial charge in [0.15, 0.2) is 0 Å². The summed E-state index contributed by atoms with van der Waals surface area (Å²) >= 11 is 9.72. The predicted molar refractivity (Wildman–Crippen MR) is 101 cm³/mol. The van der Waals surface area contributed by atoms with Gasteiger partial charge in [0.2, 0.25) is 0 Å². The highest BCUT2D eigenvalue weighted by Crippen LogP contribution is 2.25. The number of nitrogens with one attached hydrogen (secondary N) is 1. The zero-order valence-corrected chi connectivity index (χ0v) is 15.8. The number of benzene rings is 2. The summed E-state index contributed by atoms with van der Waals surface area (Å²) in [4.78, 5) is 0. The second-order valence-corrected chi connectivity index (χ2v) is 6.84. The van der Waals surface area contributed by atoms with Gasteiger partial charge < -0.3 is 10.1 Å². The smallest absolute Gasteiger partial charge is 0.124 e. The molecule has 2 aromatic rings. The van der Waals surface area contributed by atoms with Crippen LogP contribution in [0.4, 0.5) is 0 Å². The van der Waals surface area contributed by atoms with E-state index in [0.29, 0.717) is 6.61 Å².